The minimum atomic E-state index is -0.257. The smallest absolute Gasteiger partial charge is 0.258 e. The number of nitrogens with one attached hydrogen (secondary N) is 1. The third-order valence-electron chi connectivity index (χ3n) is 5.81. The number of hydroxylamine groups is 1. The van der Waals surface area contributed by atoms with E-state index in [1.165, 1.54) is 7.05 Å². The lowest BCUT2D eigenvalue weighted by Gasteiger charge is -2.26. The Bertz CT molecular complexity index is 1070. The summed E-state index contributed by atoms with van der Waals surface area (Å²) < 4.78 is 12.2. The molecule has 0 bridgehead atoms. The van der Waals surface area contributed by atoms with Crippen molar-refractivity contribution in [2.45, 2.75) is 19.9 Å². The fourth-order valence-corrected chi connectivity index (χ4v) is 4.32. The molecule has 1 heterocycles. The van der Waals surface area contributed by atoms with Gasteiger partial charge in [0.05, 0.1) is 18.8 Å². The highest BCUT2D eigenvalue weighted by Gasteiger charge is 2.38. The zero-order valence-electron chi connectivity index (χ0n) is 19.5. The van der Waals surface area contributed by atoms with Crippen LogP contribution < -0.4 is 10.1 Å². The molecule has 0 atom stereocenters. The van der Waals surface area contributed by atoms with E-state index in [9.17, 15) is 10.0 Å². The van der Waals surface area contributed by atoms with E-state index in [0.29, 0.717) is 29.2 Å². The lowest BCUT2D eigenvalue weighted by atomic mass is 9.97. The lowest BCUT2D eigenvalue weighted by molar-refractivity contribution is -0.421. The first-order valence-electron chi connectivity index (χ1n) is 11.4. The van der Waals surface area contributed by atoms with Gasteiger partial charge in [0.1, 0.15) is 25.0 Å². The van der Waals surface area contributed by atoms with Gasteiger partial charge in [0.15, 0.2) is 0 Å². The second-order valence-electron chi connectivity index (χ2n) is 8.60. The van der Waals surface area contributed by atoms with Gasteiger partial charge in [0, 0.05) is 31.2 Å². The Kier molecular flexibility index (Phi) is 7.11. The number of hydrogen-bond acceptors (Lipinski definition) is 5. The van der Waals surface area contributed by atoms with Crippen LogP contribution in [0.1, 0.15) is 30.5 Å². The van der Waals surface area contributed by atoms with Gasteiger partial charge in [-0.2, -0.15) is 0 Å². The standard InChI is InChI=1S/C26H31N3O4/c1-18(2)27-26(30)24-23(19-7-5-4-6-8-19)21-10-9-20(17-22(21)25(24)28(3)31)33-16-13-29-11-14-32-15-12-29/h4-10,17-18H,11-16H2,1-3H3,(H,27,30)/b28-25+. The van der Waals surface area contributed by atoms with Crippen molar-refractivity contribution in [3.63, 3.8) is 0 Å². The second-order valence-corrected chi connectivity index (χ2v) is 8.60. The number of morpholine rings is 1. The summed E-state index contributed by atoms with van der Waals surface area (Å²) in [5.74, 6) is 0.423. The van der Waals surface area contributed by atoms with Gasteiger partial charge in [-0.15, -0.1) is 0 Å². The summed E-state index contributed by atoms with van der Waals surface area (Å²) >= 11 is 0. The summed E-state index contributed by atoms with van der Waals surface area (Å²) in [4.78, 5) is 15.6. The number of carbonyl (C=O) groups excluding carboxylic acids is 1. The van der Waals surface area contributed by atoms with Crippen LogP contribution >= 0.6 is 0 Å². The van der Waals surface area contributed by atoms with Gasteiger partial charge in [0.2, 0.25) is 5.71 Å². The van der Waals surface area contributed by atoms with Gasteiger partial charge in [-0.1, -0.05) is 30.3 Å². The topological polar surface area (TPSA) is 76.9 Å². The molecule has 0 radical (unpaired) electrons. The predicted molar refractivity (Wildman–Crippen MR) is 129 cm³/mol. The van der Waals surface area contributed by atoms with Crippen molar-refractivity contribution in [2.75, 3.05) is 46.5 Å². The number of fused-ring (bicyclic) bond motifs is 1. The maximum Gasteiger partial charge on any atom is 0.258 e. The van der Waals surface area contributed by atoms with Gasteiger partial charge in [0.25, 0.3) is 5.91 Å². The van der Waals surface area contributed by atoms with E-state index in [4.69, 9.17) is 9.47 Å². The van der Waals surface area contributed by atoms with Crippen molar-refractivity contribution in [3.8, 4) is 5.75 Å². The maximum atomic E-state index is 13.3. The molecule has 4 rings (SSSR count). The molecule has 33 heavy (non-hydrogen) atoms. The minimum Gasteiger partial charge on any atom is -0.624 e. The van der Waals surface area contributed by atoms with Gasteiger partial charge in [-0.3, -0.25) is 9.69 Å². The summed E-state index contributed by atoms with van der Waals surface area (Å²) in [6.07, 6.45) is 0. The van der Waals surface area contributed by atoms with Crippen LogP contribution in [0.3, 0.4) is 0 Å². The molecular weight excluding hydrogens is 418 g/mol. The number of amides is 1. The number of nitrogens with zero attached hydrogens (tertiary/aromatic N) is 2. The van der Waals surface area contributed by atoms with Crippen molar-refractivity contribution in [2.24, 2.45) is 0 Å². The average Bonchev–Trinajstić information content (AvgIpc) is 3.15. The van der Waals surface area contributed by atoms with E-state index in [1.807, 2.05) is 62.4 Å². The third-order valence-corrected chi connectivity index (χ3v) is 5.81. The Balaban J connectivity index is 1.68. The van der Waals surface area contributed by atoms with Crippen LogP contribution in [0.4, 0.5) is 0 Å². The van der Waals surface area contributed by atoms with Crippen LogP contribution in [0.2, 0.25) is 0 Å². The van der Waals surface area contributed by atoms with Crippen molar-refractivity contribution in [1.82, 2.24) is 10.2 Å². The molecule has 1 amide bonds. The summed E-state index contributed by atoms with van der Waals surface area (Å²) in [5, 5.41) is 15.7. The number of carbonyl (C=O) groups is 1. The van der Waals surface area contributed by atoms with Gasteiger partial charge in [-0.05, 0) is 43.2 Å². The van der Waals surface area contributed by atoms with Crippen LogP contribution in [0.15, 0.2) is 54.1 Å². The first-order valence-corrected chi connectivity index (χ1v) is 11.4. The maximum absolute atomic E-state index is 13.3. The predicted octanol–water partition coefficient (Wildman–Crippen LogP) is 2.67. The first kappa shape index (κ1) is 23.0. The lowest BCUT2D eigenvalue weighted by Crippen LogP contribution is -2.38. The van der Waals surface area contributed by atoms with Gasteiger partial charge in [-0.25, -0.2) is 4.74 Å². The monoisotopic (exact) mass is 449 g/mol. The number of hydrogen-bond donors (Lipinski definition) is 1. The summed E-state index contributed by atoms with van der Waals surface area (Å²) in [6, 6.07) is 15.4. The molecule has 1 aliphatic carbocycles. The Morgan fingerprint density at radius 2 is 1.88 bits per heavy atom. The molecule has 0 spiro atoms. The zero-order chi connectivity index (χ0) is 23.4. The van der Waals surface area contributed by atoms with Crippen LogP contribution in [0, 0.1) is 5.21 Å². The number of rotatable bonds is 7. The molecule has 1 aliphatic heterocycles. The molecule has 7 heteroatoms. The Labute approximate surface area is 194 Å². The van der Waals surface area contributed by atoms with E-state index in [-0.39, 0.29) is 11.9 Å². The molecule has 0 aromatic heterocycles. The van der Waals surface area contributed by atoms with Crippen molar-refractivity contribution in [1.29, 1.82) is 0 Å². The van der Waals surface area contributed by atoms with Crippen LogP contribution in [-0.2, 0) is 9.53 Å². The van der Waals surface area contributed by atoms with E-state index in [2.05, 4.69) is 10.2 Å². The first-order chi connectivity index (χ1) is 16.0. The van der Waals surface area contributed by atoms with Gasteiger partial charge >= 0.3 is 0 Å². The van der Waals surface area contributed by atoms with E-state index in [0.717, 1.165) is 54.3 Å². The quantitative estimate of drug-likeness (QED) is 0.400. The highest BCUT2D eigenvalue weighted by atomic mass is 16.5. The molecular formula is C26H31N3O4. The summed E-state index contributed by atoms with van der Waals surface area (Å²) in [5.41, 5.74) is 3.98. The van der Waals surface area contributed by atoms with Crippen molar-refractivity contribution < 1.29 is 19.0 Å². The van der Waals surface area contributed by atoms with Crippen molar-refractivity contribution in [3.05, 3.63) is 76.0 Å². The Hall–Kier alpha value is -3.16. The molecule has 0 unspecified atom stereocenters. The van der Waals surface area contributed by atoms with Crippen LogP contribution in [0.25, 0.3) is 5.57 Å². The molecule has 2 aromatic carbocycles. The summed E-state index contributed by atoms with van der Waals surface area (Å²) in [6.45, 7) is 8.49. The molecule has 2 aromatic rings. The SMILES string of the molecule is CC(C)NC(=O)C1=C(c2ccccc2)c2ccc(OCCN3CCOCC3)cc2/C1=[N+](/C)[O-]. The van der Waals surface area contributed by atoms with Crippen molar-refractivity contribution >= 4 is 17.2 Å². The fourth-order valence-electron chi connectivity index (χ4n) is 4.32. The van der Waals surface area contributed by atoms with Gasteiger partial charge < -0.3 is 20.0 Å². The molecule has 174 valence electrons. The largest absolute Gasteiger partial charge is 0.624 e. The third kappa shape index (κ3) is 5.10. The van der Waals surface area contributed by atoms with Crippen LogP contribution in [0.5, 0.6) is 5.75 Å². The number of benzene rings is 2. The number of ether oxygens (including phenoxy) is 2. The molecule has 1 N–H and O–H groups in total. The van der Waals surface area contributed by atoms with E-state index >= 15 is 0 Å². The Morgan fingerprint density at radius 1 is 1.15 bits per heavy atom. The molecule has 1 fully saturated rings. The second kappa shape index (κ2) is 10.2. The molecule has 7 nitrogen and oxygen atoms in total. The highest BCUT2D eigenvalue weighted by Crippen LogP contribution is 2.39. The summed E-state index contributed by atoms with van der Waals surface area (Å²) in [7, 11) is 1.43. The zero-order valence-corrected chi connectivity index (χ0v) is 19.5. The van der Waals surface area contributed by atoms with E-state index < -0.39 is 0 Å². The normalized spacial score (nSPS) is 17.8. The molecule has 2 aliphatic rings. The molecule has 1 saturated heterocycles. The Morgan fingerprint density at radius 3 is 2.55 bits per heavy atom. The highest BCUT2D eigenvalue weighted by molar-refractivity contribution is 6.36. The fraction of sp³-hybridized carbons (Fsp3) is 0.385. The minimum absolute atomic E-state index is 0.0528. The average molecular weight is 450 g/mol. The van der Waals surface area contributed by atoms with Crippen LogP contribution in [-0.4, -0.2) is 73.8 Å². The van der Waals surface area contributed by atoms with E-state index in [1.54, 1.807) is 0 Å². The molecule has 0 saturated carbocycles.